The van der Waals surface area contributed by atoms with E-state index in [2.05, 4.69) is 20.8 Å². The number of carbonyl (C=O) groups is 1. The summed E-state index contributed by atoms with van der Waals surface area (Å²) in [5.41, 5.74) is 1.52. The van der Waals surface area contributed by atoms with Crippen LogP contribution in [0.2, 0.25) is 5.02 Å². The maximum Gasteiger partial charge on any atom is 0.274 e. The number of nitrogens with zero attached hydrogens (tertiary/aromatic N) is 4. The van der Waals surface area contributed by atoms with Crippen molar-refractivity contribution < 1.29 is 9.21 Å². The summed E-state index contributed by atoms with van der Waals surface area (Å²) in [6.07, 6.45) is 3.10. The van der Waals surface area contributed by atoms with Crippen LogP contribution in [-0.2, 0) is 4.79 Å². The first-order valence-electron chi connectivity index (χ1n) is 8.37. The van der Waals surface area contributed by atoms with Gasteiger partial charge in [0.05, 0.1) is 6.26 Å². The van der Waals surface area contributed by atoms with Gasteiger partial charge in [-0.25, -0.2) is 0 Å². The molecule has 4 aromatic rings. The molecule has 4 rings (SSSR count). The number of halogens is 1. The quantitative estimate of drug-likeness (QED) is 0.515. The van der Waals surface area contributed by atoms with Gasteiger partial charge in [0.25, 0.3) is 5.91 Å². The summed E-state index contributed by atoms with van der Waals surface area (Å²) in [5.74, 6) is 0.508. The molecule has 1 N–H and O–H groups in total. The Labute approximate surface area is 165 Å². The third-order valence-electron chi connectivity index (χ3n) is 3.87. The summed E-state index contributed by atoms with van der Waals surface area (Å²) >= 11 is 6.01. The van der Waals surface area contributed by atoms with E-state index in [1.807, 2.05) is 30.3 Å². The lowest BCUT2D eigenvalue weighted by atomic mass is 10.2. The van der Waals surface area contributed by atoms with Crippen LogP contribution in [0.4, 0.5) is 5.69 Å². The number of anilines is 1. The largest absolute Gasteiger partial charge is 0.465 e. The lowest BCUT2D eigenvalue weighted by Gasteiger charge is -2.10. The second-order valence-corrected chi connectivity index (χ2v) is 6.23. The van der Waals surface area contributed by atoms with E-state index in [0.29, 0.717) is 22.3 Å². The Balaban J connectivity index is 1.76. The van der Waals surface area contributed by atoms with Gasteiger partial charge in [0.1, 0.15) is 11.5 Å². The predicted molar refractivity (Wildman–Crippen MR) is 106 cm³/mol. The smallest absolute Gasteiger partial charge is 0.274 e. The summed E-state index contributed by atoms with van der Waals surface area (Å²) in [5, 5.41) is 15.2. The molecule has 2 aromatic carbocycles. The number of benzene rings is 2. The van der Waals surface area contributed by atoms with Crippen LogP contribution in [0.5, 0.6) is 0 Å². The minimum atomic E-state index is -0.414. The highest BCUT2D eigenvalue weighted by atomic mass is 35.5. The van der Waals surface area contributed by atoms with Crippen LogP contribution >= 0.6 is 11.6 Å². The zero-order valence-corrected chi connectivity index (χ0v) is 15.2. The molecule has 0 spiro atoms. The van der Waals surface area contributed by atoms with Gasteiger partial charge >= 0.3 is 0 Å². The van der Waals surface area contributed by atoms with Gasteiger partial charge < -0.3 is 9.73 Å². The van der Waals surface area contributed by atoms with E-state index in [1.54, 1.807) is 42.5 Å². The van der Waals surface area contributed by atoms with Gasteiger partial charge in [-0.3, -0.25) is 4.79 Å². The Morgan fingerprint density at radius 1 is 1.07 bits per heavy atom. The van der Waals surface area contributed by atoms with Crippen molar-refractivity contribution in [2.24, 2.45) is 0 Å². The summed E-state index contributed by atoms with van der Waals surface area (Å²) in [6, 6.07) is 19.7. The Hall–Kier alpha value is -3.71. The lowest BCUT2D eigenvalue weighted by molar-refractivity contribution is -0.111. The number of carbonyl (C=O) groups excluding carboxylic acids is 1. The SMILES string of the molecule is O=C(Nc1cccc(Cl)c1)C(=Cc1ccco1)n1nnnc1-c1ccccc1. The monoisotopic (exact) mass is 391 g/mol. The maximum absolute atomic E-state index is 13.1. The molecule has 0 saturated carbocycles. The van der Waals surface area contributed by atoms with Crippen molar-refractivity contribution in [2.75, 3.05) is 5.32 Å². The molecule has 138 valence electrons. The predicted octanol–water partition coefficient (Wildman–Crippen LogP) is 4.22. The molecule has 0 bridgehead atoms. The second-order valence-electron chi connectivity index (χ2n) is 5.79. The van der Waals surface area contributed by atoms with Crippen molar-refractivity contribution in [2.45, 2.75) is 0 Å². The van der Waals surface area contributed by atoms with Crippen molar-refractivity contribution in [3.63, 3.8) is 0 Å². The van der Waals surface area contributed by atoms with Gasteiger partial charge in [0, 0.05) is 22.3 Å². The Bertz CT molecular complexity index is 1120. The van der Waals surface area contributed by atoms with Crippen LogP contribution in [0, 0.1) is 0 Å². The normalized spacial score (nSPS) is 11.4. The molecule has 28 heavy (non-hydrogen) atoms. The van der Waals surface area contributed by atoms with E-state index < -0.39 is 5.91 Å². The topological polar surface area (TPSA) is 85.8 Å². The van der Waals surface area contributed by atoms with Crippen LogP contribution in [0.1, 0.15) is 5.76 Å². The number of aromatic nitrogens is 4. The van der Waals surface area contributed by atoms with Crippen LogP contribution in [-0.4, -0.2) is 26.1 Å². The molecule has 1 amide bonds. The van der Waals surface area contributed by atoms with Crippen LogP contribution in [0.15, 0.2) is 77.4 Å². The minimum Gasteiger partial charge on any atom is -0.465 e. The molecular formula is C20H14ClN5O2. The van der Waals surface area contributed by atoms with Gasteiger partial charge in [-0.1, -0.05) is 48.0 Å². The van der Waals surface area contributed by atoms with E-state index >= 15 is 0 Å². The zero-order chi connectivity index (χ0) is 19.3. The number of hydrogen-bond acceptors (Lipinski definition) is 5. The fourth-order valence-electron chi connectivity index (χ4n) is 2.61. The first-order valence-corrected chi connectivity index (χ1v) is 8.75. The molecule has 0 atom stereocenters. The number of tetrazole rings is 1. The fraction of sp³-hybridized carbons (Fsp3) is 0. The first-order chi connectivity index (χ1) is 13.7. The number of hydrogen-bond donors (Lipinski definition) is 1. The van der Waals surface area contributed by atoms with Gasteiger partial charge in [-0.05, 0) is 40.8 Å². The molecule has 0 aliphatic rings. The van der Waals surface area contributed by atoms with Crippen LogP contribution in [0.25, 0.3) is 23.2 Å². The molecular weight excluding hydrogens is 378 g/mol. The standard InChI is InChI=1S/C20H14ClN5O2/c21-15-8-4-9-16(12-15)22-20(27)18(13-17-10-5-11-28-17)26-19(23-24-25-26)14-6-2-1-3-7-14/h1-13H,(H,22,27). The fourth-order valence-corrected chi connectivity index (χ4v) is 2.80. The number of amides is 1. The Morgan fingerprint density at radius 3 is 2.68 bits per heavy atom. The van der Waals surface area contributed by atoms with Crippen molar-refractivity contribution >= 4 is 35.0 Å². The first kappa shape index (κ1) is 17.7. The van der Waals surface area contributed by atoms with E-state index in [-0.39, 0.29) is 5.70 Å². The lowest BCUT2D eigenvalue weighted by Crippen LogP contribution is -2.19. The van der Waals surface area contributed by atoms with Gasteiger partial charge in [-0.2, -0.15) is 4.68 Å². The molecule has 2 heterocycles. The molecule has 0 aliphatic heterocycles. The molecule has 0 aliphatic carbocycles. The summed E-state index contributed by atoms with van der Waals surface area (Å²) in [7, 11) is 0. The Kier molecular flexibility index (Phi) is 4.99. The molecule has 0 fully saturated rings. The van der Waals surface area contributed by atoms with Crippen molar-refractivity contribution in [1.29, 1.82) is 0 Å². The molecule has 7 nitrogen and oxygen atoms in total. The van der Waals surface area contributed by atoms with E-state index in [9.17, 15) is 4.79 Å². The van der Waals surface area contributed by atoms with Crippen molar-refractivity contribution in [3.05, 3.63) is 83.8 Å². The third-order valence-corrected chi connectivity index (χ3v) is 4.10. The average molecular weight is 392 g/mol. The highest BCUT2D eigenvalue weighted by Gasteiger charge is 2.20. The number of furan rings is 1. The second kappa shape index (κ2) is 7.89. The van der Waals surface area contributed by atoms with E-state index in [0.717, 1.165) is 5.56 Å². The summed E-state index contributed by atoms with van der Waals surface area (Å²) in [4.78, 5) is 13.1. The van der Waals surface area contributed by atoms with Crippen molar-refractivity contribution in [3.8, 4) is 11.4 Å². The molecule has 2 aromatic heterocycles. The summed E-state index contributed by atoms with van der Waals surface area (Å²) < 4.78 is 6.74. The number of nitrogens with one attached hydrogen (secondary N) is 1. The molecule has 8 heteroatoms. The molecule has 0 saturated heterocycles. The van der Waals surface area contributed by atoms with E-state index in [1.165, 1.54) is 10.9 Å². The molecule has 0 radical (unpaired) electrons. The maximum atomic E-state index is 13.1. The minimum absolute atomic E-state index is 0.193. The highest BCUT2D eigenvalue weighted by Crippen LogP contribution is 2.22. The van der Waals surface area contributed by atoms with Gasteiger partial charge in [0.2, 0.25) is 0 Å². The summed E-state index contributed by atoms with van der Waals surface area (Å²) in [6.45, 7) is 0. The van der Waals surface area contributed by atoms with Crippen LogP contribution < -0.4 is 5.32 Å². The van der Waals surface area contributed by atoms with Gasteiger partial charge in [0.15, 0.2) is 5.82 Å². The average Bonchev–Trinajstić information content (AvgIpc) is 3.38. The Morgan fingerprint density at radius 2 is 1.93 bits per heavy atom. The van der Waals surface area contributed by atoms with Crippen molar-refractivity contribution in [1.82, 2.24) is 20.2 Å². The zero-order valence-electron chi connectivity index (χ0n) is 14.5. The number of rotatable bonds is 5. The highest BCUT2D eigenvalue weighted by molar-refractivity contribution is 6.31. The third kappa shape index (κ3) is 3.84. The molecule has 0 unspecified atom stereocenters. The van der Waals surface area contributed by atoms with Crippen LogP contribution in [0.3, 0.4) is 0 Å². The van der Waals surface area contributed by atoms with E-state index in [4.69, 9.17) is 16.0 Å². The van der Waals surface area contributed by atoms with Gasteiger partial charge in [-0.15, -0.1) is 5.10 Å².